The Balaban J connectivity index is 1.30. The van der Waals surface area contributed by atoms with Gasteiger partial charge in [0, 0.05) is 44.3 Å². The summed E-state index contributed by atoms with van der Waals surface area (Å²) in [7, 11) is 0. The van der Waals surface area contributed by atoms with E-state index in [1.54, 1.807) is 0 Å². The number of rotatable bonds is 15. The molecule has 3 aliphatic rings. The van der Waals surface area contributed by atoms with Gasteiger partial charge in [-0.15, -0.1) is 23.5 Å². The van der Waals surface area contributed by atoms with E-state index in [1.165, 1.54) is 9.81 Å². The Hall–Kier alpha value is -0.290. The molecule has 0 spiro atoms. The predicted molar refractivity (Wildman–Crippen MR) is 178 cm³/mol. The van der Waals surface area contributed by atoms with Crippen molar-refractivity contribution in [1.29, 1.82) is 0 Å². The second-order valence-corrected chi connectivity index (χ2v) is 15.6. The Morgan fingerprint density at radius 2 is 1.58 bits per heavy atom. The molecule has 0 amide bonds. The maximum atomic E-state index is 5.93. The number of thiocarbonyl (C=S) groups is 3. The number of ether oxygens (including phenoxy) is 2. The third-order valence-electron chi connectivity index (χ3n) is 7.14. The van der Waals surface area contributed by atoms with Crippen molar-refractivity contribution in [2.24, 2.45) is 16.7 Å². The highest BCUT2D eigenvalue weighted by atomic mass is 32.2. The van der Waals surface area contributed by atoms with Crippen LogP contribution in [0.1, 0.15) is 60.3 Å². The fourth-order valence-electron chi connectivity index (χ4n) is 4.79. The molecular formula is C29H44N2O2S5. The van der Waals surface area contributed by atoms with E-state index in [0.29, 0.717) is 32.3 Å². The Morgan fingerprint density at radius 3 is 2.16 bits per heavy atom. The average molecular weight is 613 g/mol. The van der Waals surface area contributed by atoms with Gasteiger partial charge in [0.25, 0.3) is 0 Å². The third-order valence-corrected chi connectivity index (χ3v) is 10.4. The van der Waals surface area contributed by atoms with Crippen molar-refractivity contribution in [3.05, 3.63) is 34.2 Å². The van der Waals surface area contributed by atoms with Crippen LogP contribution in [0.3, 0.4) is 0 Å². The molecule has 38 heavy (non-hydrogen) atoms. The van der Waals surface area contributed by atoms with Crippen LogP contribution in [0.15, 0.2) is 34.2 Å². The number of hydrogen-bond acceptors (Lipinski definition) is 7. The van der Waals surface area contributed by atoms with Crippen molar-refractivity contribution in [2.75, 3.05) is 51.0 Å². The van der Waals surface area contributed by atoms with Crippen LogP contribution in [0.5, 0.6) is 0 Å². The fourth-order valence-corrected chi connectivity index (χ4v) is 8.19. The van der Waals surface area contributed by atoms with E-state index in [4.69, 9.17) is 46.1 Å². The van der Waals surface area contributed by atoms with Gasteiger partial charge in [-0.25, -0.2) is 0 Å². The summed E-state index contributed by atoms with van der Waals surface area (Å²) in [4.78, 5) is 9.88. The van der Waals surface area contributed by atoms with Gasteiger partial charge >= 0.3 is 0 Å². The van der Waals surface area contributed by atoms with E-state index in [-0.39, 0.29) is 10.8 Å². The molecule has 0 aromatic carbocycles. The molecule has 0 aliphatic carbocycles. The van der Waals surface area contributed by atoms with Crippen LogP contribution in [0.4, 0.5) is 0 Å². The number of nitrogens with zero attached hydrogens (tertiary/aromatic N) is 2. The lowest BCUT2D eigenvalue weighted by atomic mass is 9.87. The first-order valence-electron chi connectivity index (χ1n) is 13.6. The van der Waals surface area contributed by atoms with Crippen LogP contribution in [0.2, 0.25) is 0 Å². The number of hydrogen-bond donors (Lipinski definition) is 0. The largest absolute Gasteiger partial charge is 0.379 e. The molecule has 3 aliphatic heterocycles. The third kappa shape index (κ3) is 9.38. The summed E-state index contributed by atoms with van der Waals surface area (Å²) in [5.41, 5.74) is 1.16. The van der Waals surface area contributed by atoms with Gasteiger partial charge < -0.3 is 19.3 Å². The highest BCUT2D eigenvalue weighted by Crippen LogP contribution is 2.43. The molecule has 0 aromatic rings. The smallest absolute Gasteiger partial charge is 0.107 e. The van der Waals surface area contributed by atoms with Crippen molar-refractivity contribution in [3.63, 3.8) is 0 Å². The van der Waals surface area contributed by atoms with Crippen molar-refractivity contribution in [2.45, 2.75) is 60.3 Å². The number of thioether (sulfide) groups is 2. The molecule has 0 aromatic heterocycles. The van der Waals surface area contributed by atoms with Crippen molar-refractivity contribution in [1.82, 2.24) is 9.80 Å². The molecular weight excluding hydrogens is 569 g/mol. The number of fused-ring (bicyclic) bond motifs is 1. The summed E-state index contributed by atoms with van der Waals surface area (Å²) < 4.78 is 11.8. The molecule has 1 unspecified atom stereocenters. The molecule has 1 atom stereocenters. The Bertz CT molecular complexity index is 972. The van der Waals surface area contributed by atoms with E-state index in [1.807, 2.05) is 23.5 Å². The summed E-state index contributed by atoms with van der Waals surface area (Å²) in [6, 6.07) is 0. The summed E-state index contributed by atoms with van der Waals surface area (Å²) in [5.74, 6) is 2.62. The quantitative estimate of drug-likeness (QED) is 0.136. The summed E-state index contributed by atoms with van der Waals surface area (Å²) in [6.07, 6.45) is 8.23. The lowest BCUT2D eigenvalue weighted by Gasteiger charge is -2.39. The summed E-state index contributed by atoms with van der Waals surface area (Å²) in [6.45, 7) is 19.8. The van der Waals surface area contributed by atoms with Crippen molar-refractivity contribution in [3.8, 4) is 0 Å². The molecule has 3 rings (SSSR count). The molecule has 3 heterocycles. The zero-order valence-electron chi connectivity index (χ0n) is 23.7. The molecule has 1 saturated heterocycles. The molecule has 0 bridgehead atoms. The fraction of sp³-hybridized carbons (Fsp3) is 0.690. The van der Waals surface area contributed by atoms with Crippen molar-refractivity contribution >= 4 is 75.1 Å². The SMILES string of the molecule is C=C1C=C2SCCC2C(=S)N1CC(C)(C)CCOCCOCCC(C)(C)CN1C(=S)C=C(SCC)CC1=S. The van der Waals surface area contributed by atoms with Gasteiger partial charge in [-0.2, -0.15) is 0 Å². The molecule has 4 nitrogen and oxygen atoms in total. The van der Waals surface area contributed by atoms with Gasteiger partial charge in [0.05, 0.1) is 23.2 Å². The van der Waals surface area contributed by atoms with Gasteiger partial charge in [-0.1, -0.05) is 77.9 Å². The van der Waals surface area contributed by atoms with Gasteiger partial charge in [0.2, 0.25) is 0 Å². The minimum absolute atomic E-state index is 0.0500. The van der Waals surface area contributed by atoms with Crippen LogP contribution < -0.4 is 0 Å². The van der Waals surface area contributed by atoms with E-state index in [2.05, 4.69) is 63.1 Å². The van der Waals surface area contributed by atoms with Crippen LogP contribution in [-0.4, -0.2) is 75.8 Å². The zero-order valence-corrected chi connectivity index (χ0v) is 27.8. The molecule has 0 saturated carbocycles. The standard InChI is InChI=1S/C29H44N2O2S5/c1-7-37-22-17-25(34)31(26(35)18-22)20-29(5,6)10-12-33-14-13-32-11-9-28(3,4)19-30-21(2)16-24-23(27(30)36)8-15-38-24/h16-17,23H,2,7-15,18-20H2,1,3-6H3. The Kier molecular flexibility index (Phi) is 12.3. The van der Waals surface area contributed by atoms with Gasteiger partial charge in [-0.3, -0.25) is 0 Å². The Morgan fingerprint density at radius 1 is 0.974 bits per heavy atom. The predicted octanol–water partition coefficient (Wildman–Crippen LogP) is 7.64. The first-order chi connectivity index (χ1) is 17.9. The van der Waals surface area contributed by atoms with Gasteiger partial charge in [0.15, 0.2) is 0 Å². The van der Waals surface area contributed by atoms with Crippen LogP contribution in [0.25, 0.3) is 0 Å². The maximum absolute atomic E-state index is 5.93. The molecule has 212 valence electrons. The van der Waals surface area contributed by atoms with Crippen LogP contribution in [-0.2, 0) is 9.47 Å². The highest BCUT2D eigenvalue weighted by Gasteiger charge is 2.35. The van der Waals surface area contributed by atoms with E-state index in [9.17, 15) is 0 Å². The minimum Gasteiger partial charge on any atom is -0.379 e. The lowest BCUT2D eigenvalue weighted by molar-refractivity contribution is 0.0270. The number of allylic oxidation sites excluding steroid dienone is 1. The van der Waals surface area contributed by atoms with Gasteiger partial charge in [-0.05, 0) is 63.6 Å². The normalized spacial score (nSPS) is 20.7. The first kappa shape index (κ1) is 32.2. The van der Waals surface area contributed by atoms with Crippen LogP contribution in [0, 0.1) is 16.7 Å². The van der Waals surface area contributed by atoms with Crippen molar-refractivity contribution < 1.29 is 9.47 Å². The van der Waals surface area contributed by atoms with Gasteiger partial charge in [0.1, 0.15) is 4.99 Å². The summed E-state index contributed by atoms with van der Waals surface area (Å²) in [5, 5.41) is 0. The van der Waals surface area contributed by atoms with Crippen LogP contribution >= 0.6 is 60.2 Å². The minimum atomic E-state index is 0.0500. The first-order valence-corrected chi connectivity index (χ1v) is 16.8. The topological polar surface area (TPSA) is 24.9 Å². The average Bonchev–Trinajstić information content (AvgIpc) is 3.29. The molecule has 9 heteroatoms. The zero-order chi connectivity index (χ0) is 27.9. The molecule has 1 fully saturated rings. The highest BCUT2D eigenvalue weighted by molar-refractivity contribution is 8.03. The maximum Gasteiger partial charge on any atom is 0.107 e. The van der Waals surface area contributed by atoms with E-state index >= 15 is 0 Å². The van der Waals surface area contributed by atoms with E-state index in [0.717, 1.165) is 70.9 Å². The monoisotopic (exact) mass is 612 g/mol. The molecule has 0 radical (unpaired) electrons. The Labute approximate surface area is 255 Å². The molecule has 0 N–H and O–H groups in total. The second kappa shape index (κ2) is 14.6. The lowest BCUT2D eigenvalue weighted by Crippen LogP contribution is -2.43. The van der Waals surface area contributed by atoms with E-state index < -0.39 is 0 Å². The summed E-state index contributed by atoms with van der Waals surface area (Å²) >= 11 is 20.9. The second-order valence-electron chi connectivity index (χ2n) is 11.7.